The molecule has 0 spiro atoms. The lowest BCUT2D eigenvalue weighted by Gasteiger charge is -2.30. The minimum atomic E-state index is -4.49. The number of hydrogen-bond donors (Lipinski definition) is 2. The molecule has 1 aliphatic heterocycles. The van der Waals surface area contributed by atoms with Crippen molar-refractivity contribution >= 4 is 28.9 Å². The van der Waals surface area contributed by atoms with Crippen LogP contribution in [-0.4, -0.2) is 34.6 Å². The molecule has 10 heteroatoms. The molecule has 2 aromatic rings. The van der Waals surface area contributed by atoms with Crippen molar-refractivity contribution in [3.63, 3.8) is 0 Å². The maximum absolute atomic E-state index is 13.0. The first-order valence-corrected chi connectivity index (χ1v) is 11.2. The Balaban J connectivity index is 1.29. The van der Waals surface area contributed by atoms with Gasteiger partial charge in [0.15, 0.2) is 0 Å². The molecule has 1 aromatic heterocycles. The van der Waals surface area contributed by atoms with E-state index in [0.29, 0.717) is 41.9 Å². The highest BCUT2D eigenvalue weighted by Crippen LogP contribution is 2.31. The number of aryl methyl sites for hydroxylation is 1. The summed E-state index contributed by atoms with van der Waals surface area (Å²) < 4.78 is 39.1. The van der Waals surface area contributed by atoms with Crippen molar-refractivity contribution in [3.8, 4) is 0 Å². The van der Waals surface area contributed by atoms with Gasteiger partial charge in [0, 0.05) is 34.7 Å². The second-order valence-corrected chi connectivity index (χ2v) is 8.81. The Bertz CT molecular complexity index is 1110. The molecule has 0 saturated heterocycles. The quantitative estimate of drug-likeness (QED) is 0.661. The summed E-state index contributed by atoms with van der Waals surface area (Å²) in [6.45, 7) is 3.33. The zero-order valence-electron chi connectivity index (χ0n) is 18.9. The lowest BCUT2D eigenvalue weighted by Crippen LogP contribution is -2.40. The summed E-state index contributed by atoms with van der Waals surface area (Å²) in [5.74, 6) is -0.299. The predicted molar refractivity (Wildman–Crippen MR) is 123 cm³/mol. The van der Waals surface area contributed by atoms with Crippen LogP contribution in [0.1, 0.15) is 60.8 Å². The van der Waals surface area contributed by atoms with Crippen molar-refractivity contribution in [2.45, 2.75) is 64.2 Å². The third-order valence-electron chi connectivity index (χ3n) is 5.97. The molecular weight excluding hydrogens is 447 g/mol. The molecule has 0 atom stereocenters. The van der Waals surface area contributed by atoms with Crippen LogP contribution in [0.15, 0.2) is 41.5 Å². The first-order valence-electron chi connectivity index (χ1n) is 11.2. The van der Waals surface area contributed by atoms with Gasteiger partial charge in [-0.2, -0.15) is 18.3 Å². The Hall–Kier alpha value is -3.43. The maximum atomic E-state index is 13.0. The summed E-state index contributed by atoms with van der Waals surface area (Å²) in [6.07, 6.45) is -1.31. The SMILES string of the molecule is CC1=NN(c2ccc(C(=O)NC3CCC(Nc4cc(C)nc(C(F)(F)F)c4)CC3)cc2)C(=O)C1. The molecular formula is C24H26F3N5O2. The fourth-order valence-corrected chi connectivity index (χ4v) is 4.29. The molecule has 4 rings (SSSR count). The molecule has 1 saturated carbocycles. The first kappa shape index (κ1) is 23.7. The fraction of sp³-hybridized carbons (Fsp3) is 0.417. The van der Waals surface area contributed by atoms with E-state index in [1.807, 2.05) is 0 Å². The van der Waals surface area contributed by atoms with Crippen molar-refractivity contribution in [1.82, 2.24) is 10.3 Å². The molecule has 0 bridgehead atoms. The van der Waals surface area contributed by atoms with E-state index in [1.54, 1.807) is 37.3 Å². The molecule has 1 aromatic carbocycles. The van der Waals surface area contributed by atoms with Crippen molar-refractivity contribution in [3.05, 3.63) is 53.3 Å². The normalized spacial score (nSPS) is 20.8. The number of hydrogen-bond acceptors (Lipinski definition) is 5. The zero-order chi connectivity index (χ0) is 24.5. The Morgan fingerprint density at radius 1 is 1.03 bits per heavy atom. The number of nitrogens with one attached hydrogen (secondary N) is 2. The topological polar surface area (TPSA) is 86.7 Å². The Kier molecular flexibility index (Phi) is 6.58. The lowest BCUT2D eigenvalue weighted by molar-refractivity contribution is -0.141. The van der Waals surface area contributed by atoms with Crippen LogP contribution in [0.4, 0.5) is 24.5 Å². The van der Waals surface area contributed by atoms with Gasteiger partial charge in [0.2, 0.25) is 0 Å². The average Bonchev–Trinajstić information content (AvgIpc) is 3.12. The largest absolute Gasteiger partial charge is 0.433 e. The molecule has 2 N–H and O–H groups in total. The molecule has 0 unspecified atom stereocenters. The second kappa shape index (κ2) is 9.44. The molecule has 2 amide bonds. The van der Waals surface area contributed by atoms with E-state index in [9.17, 15) is 22.8 Å². The van der Waals surface area contributed by atoms with Crippen LogP contribution in [0.25, 0.3) is 0 Å². The van der Waals surface area contributed by atoms with Gasteiger partial charge in [0.25, 0.3) is 11.8 Å². The minimum absolute atomic E-state index is 0.0115. The highest BCUT2D eigenvalue weighted by atomic mass is 19.4. The summed E-state index contributed by atoms with van der Waals surface area (Å²) in [4.78, 5) is 28.2. The zero-order valence-corrected chi connectivity index (χ0v) is 18.9. The van der Waals surface area contributed by atoms with Gasteiger partial charge in [-0.25, -0.2) is 9.99 Å². The molecule has 1 fully saturated rings. The molecule has 0 radical (unpaired) electrons. The van der Waals surface area contributed by atoms with E-state index < -0.39 is 11.9 Å². The van der Waals surface area contributed by atoms with Crippen molar-refractivity contribution in [2.24, 2.45) is 5.10 Å². The van der Waals surface area contributed by atoms with Gasteiger partial charge in [-0.1, -0.05) is 0 Å². The summed E-state index contributed by atoms with van der Waals surface area (Å²) in [5.41, 5.74) is 1.66. The number of alkyl halides is 3. The highest BCUT2D eigenvalue weighted by molar-refractivity contribution is 6.12. The number of nitrogens with zero attached hydrogens (tertiary/aromatic N) is 3. The fourth-order valence-electron chi connectivity index (χ4n) is 4.29. The lowest BCUT2D eigenvalue weighted by atomic mass is 9.90. The maximum Gasteiger partial charge on any atom is 0.433 e. The Morgan fingerprint density at radius 2 is 1.68 bits per heavy atom. The van der Waals surface area contributed by atoms with Crippen molar-refractivity contribution in [1.29, 1.82) is 0 Å². The summed E-state index contributed by atoms with van der Waals surface area (Å²) in [6, 6.07) is 9.38. The van der Waals surface area contributed by atoms with Gasteiger partial charge < -0.3 is 10.6 Å². The summed E-state index contributed by atoms with van der Waals surface area (Å²) in [5, 5.41) is 11.8. The van der Waals surface area contributed by atoms with Crippen molar-refractivity contribution < 1.29 is 22.8 Å². The van der Waals surface area contributed by atoms with Crippen LogP contribution < -0.4 is 15.6 Å². The molecule has 180 valence electrons. The third kappa shape index (κ3) is 5.55. The van der Waals surface area contributed by atoms with Gasteiger partial charge in [-0.05, 0) is 75.9 Å². The number of anilines is 2. The third-order valence-corrected chi connectivity index (χ3v) is 5.97. The molecule has 34 heavy (non-hydrogen) atoms. The summed E-state index contributed by atoms with van der Waals surface area (Å²) in [7, 11) is 0. The van der Waals surface area contributed by atoms with Crippen LogP contribution in [0.5, 0.6) is 0 Å². The van der Waals surface area contributed by atoms with Gasteiger partial charge in [-0.15, -0.1) is 0 Å². The highest BCUT2D eigenvalue weighted by Gasteiger charge is 2.33. The number of amides is 2. The standard InChI is InChI=1S/C24H26F3N5O2/c1-14-11-19(13-21(28-14)24(25,26)27)29-17-5-7-18(8-6-17)30-23(34)16-3-9-20(10-4-16)32-22(33)12-15(2)31-32/h3-4,9-11,13,17-18H,5-8,12H2,1-2H3,(H,28,29)(H,30,34). The van der Waals surface area contributed by atoms with Gasteiger partial charge >= 0.3 is 6.18 Å². The number of pyridine rings is 1. The van der Waals surface area contributed by atoms with E-state index in [4.69, 9.17) is 0 Å². The molecule has 2 heterocycles. The number of carbonyl (C=O) groups is 2. The average molecular weight is 473 g/mol. The van der Waals surface area contributed by atoms with E-state index >= 15 is 0 Å². The second-order valence-electron chi connectivity index (χ2n) is 8.81. The van der Waals surface area contributed by atoms with Crippen LogP contribution >= 0.6 is 0 Å². The van der Waals surface area contributed by atoms with Crippen LogP contribution in [0, 0.1) is 6.92 Å². The van der Waals surface area contributed by atoms with E-state index in [2.05, 4.69) is 20.7 Å². The molecule has 1 aliphatic carbocycles. The Labute approximate surface area is 195 Å². The number of halogens is 3. The van der Waals surface area contributed by atoms with Gasteiger partial charge in [0.1, 0.15) is 5.69 Å². The number of carbonyl (C=O) groups excluding carboxylic acids is 2. The smallest absolute Gasteiger partial charge is 0.382 e. The number of hydrazone groups is 1. The van der Waals surface area contributed by atoms with Crippen LogP contribution in [0.2, 0.25) is 0 Å². The number of aromatic nitrogens is 1. The van der Waals surface area contributed by atoms with E-state index in [-0.39, 0.29) is 23.9 Å². The van der Waals surface area contributed by atoms with Gasteiger partial charge in [0.05, 0.1) is 12.1 Å². The Morgan fingerprint density at radius 3 is 2.26 bits per heavy atom. The number of rotatable bonds is 5. The van der Waals surface area contributed by atoms with Gasteiger partial charge in [-0.3, -0.25) is 9.59 Å². The molecule has 7 nitrogen and oxygen atoms in total. The number of benzene rings is 1. The van der Waals surface area contributed by atoms with E-state index in [0.717, 1.165) is 24.6 Å². The van der Waals surface area contributed by atoms with Crippen LogP contribution in [0.3, 0.4) is 0 Å². The summed E-state index contributed by atoms with van der Waals surface area (Å²) >= 11 is 0. The van der Waals surface area contributed by atoms with E-state index in [1.165, 1.54) is 11.9 Å². The predicted octanol–water partition coefficient (Wildman–Crippen LogP) is 4.67. The first-order chi connectivity index (χ1) is 16.1. The monoisotopic (exact) mass is 473 g/mol. The minimum Gasteiger partial charge on any atom is -0.382 e. The van der Waals surface area contributed by atoms with Crippen molar-refractivity contribution in [2.75, 3.05) is 10.3 Å². The molecule has 2 aliphatic rings. The van der Waals surface area contributed by atoms with Crippen LogP contribution in [-0.2, 0) is 11.0 Å².